The lowest BCUT2D eigenvalue weighted by atomic mass is 10.3. The quantitative estimate of drug-likeness (QED) is 0.439. The van der Waals surface area contributed by atoms with E-state index in [1.165, 1.54) is 10.9 Å². The zero-order valence-electron chi connectivity index (χ0n) is 10.5. The summed E-state index contributed by atoms with van der Waals surface area (Å²) < 4.78 is 1.44. The molecule has 1 N–H and O–H groups in total. The van der Waals surface area contributed by atoms with Crippen LogP contribution >= 0.6 is 0 Å². The fraction of sp³-hybridized carbons (Fsp3) is 0.700. The third-order valence-corrected chi connectivity index (χ3v) is 2.33. The van der Waals surface area contributed by atoms with Crippen molar-refractivity contribution in [1.82, 2.24) is 14.7 Å². The number of anilines is 1. The molecule has 0 atom stereocenters. The van der Waals surface area contributed by atoms with Crippen LogP contribution in [0.4, 0.5) is 11.5 Å². The highest BCUT2D eigenvalue weighted by molar-refractivity contribution is 5.54. The molecule has 1 rings (SSSR count). The number of hydrogen-bond donors (Lipinski definition) is 1. The van der Waals surface area contributed by atoms with Crippen LogP contribution in [0.5, 0.6) is 0 Å². The molecule has 1 aromatic heterocycles. The van der Waals surface area contributed by atoms with Gasteiger partial charge < -0.3 is 10.2 Å². The molecular formula is C10H19N5O2. The van der Waals surface area contributed by atoms with Crippen molar-refractivity contribution in [2.45, 2.75) is 12.8 Å². The number of aromatic nitrogens is 2. The van der Waals surface area contributed by atoms with Crippen molar-refractivity contribution in [1.29, 1.82) is 0 Å². The standard InChI is InChI=1S/C10H19N5O2/c1-13(2)7-5-4-6-11-10-9(15(16)17)8-14(3)12-10/h8H,4-7H2,1-3H3,(H,11,12). The molecular weight excluding hydrogens is 222 g/mol. The number of nitro groups is 1. The second-order valence-corrected chi connectivity index (χ2v) is 4.23. The fourth-order valence-electron chi connectivity index (χ4n) is 1.50. The third-order valence-electron chi connectivity index (χ3n) is 2.33. The highest BCUT2D eigenvalue weighted by Gasteiger charge is 2.17. The first-order valence-electron chi connectivity index (χ1n) is 5.57. The Bertz CT molecular complexity index is 375. The van der Waals surface area contributed by atoms with Crippen LogP contribution in [0.15, 0.2) is 6.20 Å². The van der Waals surface area contributed by atoms with E-state index in [-0.39, 0.29) is 5.69 Å². The van der Waals surface area contributed by atoms with Crippen molar-refractivity contribution < 1.29 is 4.92 Å². The van der Waals surface area contributed by atoms with E-state index in [1.54, 1.807) is 7.05 Å². The minimum atomic E-state index is -0.421. The molecule has 17 heavy (non-hydrogen) atoms. The molecule has 0 fully saturated rings. The maximum absolute atomic E-state index is 10.7. The van der Waals surface area contributed by atoms with Gasteiger partial charge in [0.15, 0.2) is 0 Å². The number of hydrogen-bond acceptors (Lipinski definition) is 5. The van der Waals surface area contributed by atoms with Crippen molar-refractivity contribution >= 4 is 11.5 Å². The van der Waals surface area contributed by atoms with Gasteiger partial charge in [-0.2, -0.15) is 0 Å². The van der Waals surface area contributed by atoms with Gasteiger partial charge in [0.25, 0.3) is 0 Å². The molecule has 7 heteroatoms. The van der Waals surface area contributed by atoms with Crippen LogP contribution in [0.3, 0.4) is 0 Å². The van der Waals surface area contributed by atoms with Crippen molar-refractivity contribution in [3.63, 3.8) is 0 Å². The van der Waals surface area contributed by atoms with Crippen LogP contribution in [-0.2, 0) is 7.05 Å². The van der Waals surface area contributed by atoms with Gasteiger partial charge in [-0.25, -0.2) is 0 Å². The van der Waals surface area contributed by atoms with Gasteiger partial charge in [-0.15, -0.1) is 5.10 Å². The summed E-state index contributed by atoms with van der Waals surface area (Å²) in [7, 11) is 5.72. The van der Waals surface area contributed by atoms with Gasteiger partial charge in [0.2, 0.25) is 5.82 Å². The lowest BCUT2D eigenvalue weighted by Crippen LogP contribution is -2.14. The third kappa shape index (κ3) is 4.39. The van der Waals surface area contributed by atoms with Crippen LogP contribution in [0.25, 0.3) is 0 Å². The summed E-state index contributed by atoms with van der Waals surface area (Å²) in [6.45, 7) is 1.72. The number of nitrogens with zero attached hydrogens (tertiary/aromatic N) is 4. The lowest BCUT2D eigenvalue weighted by Gasteiger charge is -2.08. The Morgan fingerprint density at radius 3 is 2.82 bits per heavy atom. The van der Waals surface area contributed by atoms with Crippen LogP contribution in [-0.4, -0.2) is 46.8 Å². The molecule has 0 aliphatic rings. The summed E-state index contributed by atoms with van der Waals surface area (Å²) in [5.74, 6) is 0.349. The van der Waals surface area contributed by atoms with Gasteiger partial charge in [-0.1, -0.05) is 0 Å². The summed E-state index contributed by atoms with van der Waals surface area (Å²) in [6, 6.07) is 0. The van der Waals surface area contributed by atoms with Crippen molar-refractivity contribution in [2.75, 3.05) is 32.5 Å². The van der Waals surface area contributed by atoms with Gasteiger partial charge in [0, 0.05) is 13.6 Å². The zero-order valence-corrected chi connectivity index (χ0v) is 10.5. The predicted molar refractivity (Wildman–Crippen MR) is 66.1 cm³/mol. The Labute approximate surface area is 101 Å². The van der Waals surface area contributed by atoms with Gasteiger partial charge in [0.1, 0.15) is 6.20 Å². The molecule has 0 aliphatic heterocycles. The Hall–Kier alpha value is -1.63. The van der Waals surface area contributed by atoms with Gasteiger partial charge in [-0.05, 0) is 33.5 Å². The van der Waals surface area contributed by atoms with Gasteiger partial charge in [0.05, 0.1) is 4.92 Å². The minimum Gasteiger partial charge on any atom is -0.363 e. The van der Waals surface area contributed by atoms with E-state index in [1.807, 2.05) is 14.1 Å². The van der Waals surface area contributed by atoms with Crippen molar-refractivity contribution in [3.8, 4) is 0 Å². The summed E-state index contributed by atoms with van der Waals surface area (Å²) in [4.78, 5) is 12.4. The molecule has 96 valence electrons. The molecule has 0 aliphatic carbocycles. The molecule has 0 radical (unpaired) electrons. The van der Waals surface area contributed by atoms with E-state index in [0.29, 0.717) is 12.4 Å². The molecule has 1 heterocycles. The first-order valence-corrected chi connectivity index (χ1v) is 5.57. The molecule has 0 bridgehead atoms. The van der Waals surface area contributed by atoms with Crippen molar-refractivity contribution in [2.24, 2.45) is 7.05 Å². The number of aryl methyl sites for hydroxylation is 1. The largest absolute Gasteiger partial charge is 0.363 e. The maximum Gasteiger partial charge on any atom is 0.330 e. The average molecular weight is 241 g/mol. The van der Waals surface area contributed by atoms with E-state index in [2.05, 4.69) is 15.3 Å². The molecule has 1 aromatic rings. The summed E-state index contributed by atoms with van der Waals surface area (Å²) >= 11 is 0. The van der Waals surface area contributed by atoms with Crippen LogP contribution < -0.4 is 5.32 Å². The van der Waals surface area contributed by atoms with Crippen LogP contribution in [0.2, 0.25) is 0 Å². The number of rotatable bonds is 7. The van der Waals surface area contributed by atoms with E-state index in [4.69, 9.17) is 0 Å². The van der Waals surface area contributed by atoms with Gasteiger partial charge >= 0.3 is 5.69 Å². The molecule has 0 spiro atoms. The van der Waals surface area contributed by atoms with Crippen LogP contribution in [0, 0.1) is 10.1 Å². The summed E-state index contributed by atoms with van der Waals surface area (Å²) in [5.41, 5.74) is 0.0279. The lowest BCUT2D eigenvalue weighted by molar-refractivity contribution is -0.384. The second kappa shape index (κ2) is 6.19. The summed E-state index contributed by atoms with van der Waals surface area (Å²) in [5, 5.41) is 17.7. The first-order chi connectivity index (χ1) is 8.00. The highest BCUT2D eigenvalue weighted by atomic mass is 16.6. The van der Waals surface area contributed by atoms with Crippen LogP contribution in [0.1, 0.15) is 12.8 Å². The second-order valence-electron chi connectivity index (χ2n) is 4.23. The molecule has 7 nitrogen and oxygen atoms in total. The number of nitrogens with one attached hydrogen (secondary N) is 1. The monoisotopic (exact) mass is 241 g/mol. The highest BCUT2D eigenvalue weighted by Crippen LogP contribution is 2.21. The zero-order chi connectivity index (χ0) is 12.8. The Kier molecular flexibility index (Phi) is 4.89. The van der Waals surface area contributed by atoms with Gasteiger partial charge in [-0.3, -0.25) is 14.8 Å². The van der Waals surface area contributed by atoms with E-state index >= 15 is 0 Å². The fourth-order valence-corrected chi connectivity index (χ4v) is 1.50. The Morgan fingerprint density at radius 1 is 1.53 bits per heavy atom. The smallest absolute Gasteiger partial charge is 0.330 e. The molecule has 0 aromatic carbocycles. The molecule has 0 amide bonds. The Balaban J connectivity index is 2.38. The molecule has 0 saturated carbocycles. The number of unbranched alkanes of at least 4 members (excludes halogenated alkanes) is 1. The predicted octanol–water partition coefficient (Wildman–Crippen LogP) is 1.08. The van der Waals surface area contributed by atoms with Crippen molar-refractivity contribution in [3.05, 3.63) is 16.3 Å². The Morgan fingerprint density at radius 2 is 2.24 bits per heavy atom. The maximum atomic E-state index is 10.7. The minimum absolute atomic E-state index is 0.0279. The van der Waals surface area contributed by atoms with E-state index in [0.717, 1.165) is 19.4 Å². The SMILES string of the molecule is CN(C)CCCCNc1nn(C)cc1[N+](=O)[O-]. The average Bonchev–Trinajstić information content (AvgIpc) is 2.59. The first kappa shape index (κ1) is 13.4. The van der Waals surface area contributed by atoms with E-state index in [9.17, 15) is 10.1 Å². The molecule has 0 saturated heterocycles. The molecule has 0 unspecified atom stereocenters. The topological polar surface area (TPSA) is 76.2 Å². The van der Waals surface area contributed by atoms with E-state index < -0.39 is 4.92 Å². The summed E-state index contributed by atoms with van der Waals surface area (Å²) in [6.07, 6.45) is 3.43. The normalized spacial score (nSPS) is 10.8.